The molecule has 1 aromatic rings. The van der Waals surface area contributed by atoms with Crippen LogP contribution < -0.4 is 4.43 Å². The van der Waals surface area contributed by atoms with Gasteiger partial charge in [-0.15, -0.1) is 0 Å². The minimum Gasteiger partial charge on any atom is -0.518 e. The van der Waals surface area contributed by atoms with Gasteiger partial charge in [-0.3, -0.25) is 0 Å². The van der Waals surface area contributed by atoms with Crippen molar-refractivity contribution in [3.63, 3.8) is 0 Å². The van der Waals surface area contributed by atoms with Gasteiger partial charge < -0.3 is 8.84 Å². The zero-order valence-electron chi connectivity index (χ0n) is 11.6. The Kier molecular flexibility index (Phi) is 4.90. The molecule has 0 saturated heterocycles. The van der Waals surface area contributed by atoms with Gasteiger partial charge >= 0.3 is 0 Å². The van der Waals surface area contributed by atoms with Gasteiger partial charge in [0.2, 0.25) is 0 Å². The van der Waals surface area contributed by atoms with E-state index >= 15 is 0 Å². The Morgan fingerprint density at radius 3 is 1.82 bits per heavy atom. The zero-order valence-corrected chi connectivity index (χ0v) is 14.2. The lowest BCUT2D eigenvalue weighted by molar-refractivity contribution is 0.358. The predicted molar refractivity (Wildman–Crippen MR) is 78.1 cm³/mol. The van der Waals surface area contributed by atoms with E-state index < -0.39 is 8.32 Å². The second-order valence-electron chi connectivity index (χ2n) is 5.50. The lowest BCUT2D eigenvalue weighted by atomic mass is 10.5. The number of hydrogen-bond acceptors (Lipinski definition) is 2. The van der Waals surface area contributed by atoms with Crippen LogP contribution in [0.2, 0.25) is 16.6 Å². The summed E-state index contributed by atoms with van der Waals surface area (Å²) in [5.74, 6) is 0.652. The second-order valence-corrected chi connectivity index (χ2v) is 11.8. The Bertz CT molecular complexity index is 336. The van der Waals surface area contributed by atoms with Crippen molar-refractivity contribution in [2.24, 2.45) is 0 Å². The van der Waals surface area contributed by atoms with Crippen LogP contribution in [-0.2, 0) is 0 Å². The average Bonchev–Trinajstić information content (AvgIpc) is 2.58. The molecular formula is C13H23BrO2Si. The van der Waals surface area contributed by atoms with Crippen molar-refractivity contribution >= 4 is 24.2 Å². The molecule has 0 amide bonds. The van der Waals surface area contributed by atoms with E-state index in [1.165, 1.54) is 0 Å². The van der Waals surface area contributed by atoms with Crippen molar-refractivity contribution < 1.29 is 8.84 Å². The number of halogens is 1. The SMILES string of the molecule is CC(C)[Si](Oc1cc(Br)co1)(C(C)C)C(C)C. The van der Waals surface area contributed by atoms with Gasteiger partial charge in [0, 0.05) is 6.07 Å². The molecule has 1 heterocycles. The van der Waals surface area contributed by atoms with Crippen LogP contribution in [0.3, 0.4) is 0 Å². The highest BCUT2D eigenvalue weighted by molar-refractivity contribution is 9.10. The van der Waals surface area contributed by atoms with Crippen LogP contribution in [0.15, 0.2) is 21.2 Å². The monoisotopic (exact) mass is 318 g/mol. The van der Waals surface area contributed by atoms with Crippen LogP contribution in [0.1, 0.15) is 41.5 Å². The van der Waals surface area contributed by atoms with Crippen LogP contribution >= 0.6 is 15.9 Å². The molecule has 0 atom stereocenters. The maximum absolute atomic E-state index is 6.35. The van der Waals surface area contributed by atoms with E-state index in [1.807, 2.05) is 6.07 Å². The van der Waals surface area contributed by atoms with Gasteiger partial charge in [-0.1, -0.05) is 41.5 Å². The van der Waals surface area contributed by atoms with E-state index in [2.05, 4.69) is 57.5 Å². The minimum atomic E-state index is -1.87. The molecule has 17 heavy (non-hydrogen) atoms. The largest absolute Gasteiger partial charge is 0.518 e. The smallest absolute Gasteiger partial charge is 0.271 e. The molecule has 1 rings (SSSR count). The molecule has 2 nitrogen and oxygen atoms in total. The fraction of sp³-hybridized carbons (Fsp3) is 0.692. The van der Waals surface area contributed by atoms with Crippen LogP contribution in [0, 0.1) is 0 Å². The number of rotatable bonds is 5. The van der Waals surface area contributed by atoms with Crippen LogP contribution in [0.5, 0.6) is 5.95 Å². The molecule has 0 radical (unpaired) electrons. The number of hydrogen-bond donors (Lipinski definition) is 0. The molecular weight excluding hydrogens is 296 g/mol. The molecule has 0 aliphatic rings. The Morgan fingerprint density at radius 2 is 1.53 bits per heavy atom. The first-order valence-corrected chi connectivity index (χ1v) is 9.17. The highest BCUT2D eigenvalue weighted by atomic mass is 79.9. The van der Waals surface area contributed by atoms with E-state index in [1.54, 1.807) is 6.26 Å². The van der Waals surface area contributed by atoms with E-state index in [-0.39, 0.29) is 0 Å². The summed E-state index contributed by atoms with van der Waals surface area (Å²) in [4.78, 5) is 0. The fourth-order valence-electron chi connectivity index (χ4n) is 2.88. The van der Waals surface area contributed by atoms with E-state index in [9.17, 15) is 0 Å². The molecule has 1 aromatic heterocycles. The first kappa shape index (κ1) is 14.8. The van der Waals surface area contributed by atoms with Crippen molar-refractivity contribution in [1.29, 1.82) is 0 Å². The Hall–Kier alpha value is -0.223. The summed E-state index contributed by atoms with van der Waals surface area (Å²) in [7, 11) is -1.87. The summed E-state index contributed by atoms with van der Waals surface area (Å²) in [6.45, 7) is 13.6. The quantitative estimate of drug-likeness (QED) is 0.659. The fourth-order valence-corrected chi connectivity index (χ4v) is 8.32. The molecule has 0 fully saturated rings. The van der Waals surface area contributed by atoms with E-state index in [4.69, 9.17) is 8.84 Å². The van der Waals surface area contributed by atoms with Gasteiger partial charge in [-0.2, -0.15) is 0 Å². The summed E-state index contributed by atoms with van der Waals surface area (Å²) < 4.78 is 12.7. The third-order valence-electron chi connectivity index (χ3n) is 3.53. The molecule has 0 aromatic carbocycles. The molecule has 98 valence electrons. The van der Waals surface area contributed by atoms with Crippen molar-refractivity contribution in [3.05, 3.63) is 16.8 Å². The summed E-state index contributed by atoms with van der Waals surface area (Å²) in [6.07, 6.45) is 1.68. The van der Waals surface area contributed by atoms with Gasteiger partial charge in [0.25, 0.3) is 14.3 Å². The highest BCUT2D eigenvalue weighted by Gasteiger charge is 2.47. The summed E-state index contributed by atoms with van der Waals surface area (Å²) in [5, 5.41) is 0. The van der Waals surface area contributed by atoms with Gasteiger partial charge in [-0.05, 0) is 32.6 Å². The van der Waals surface area contributed by atoms with Crippen molar-refractivity contribution in [2.45, 2.75) is 58.2 Å². The van der Waals surface area contributed by atoms with Gasteiger partial charge in [-0.25, -0.2) is 0 Å². The first-order valence-electron chi connectivity index (χ1n) is 6.23. The lowest BCUT2D eigenvalue weighted by Crippen LogP contribution is -2.50. The van der Waals surface area contributed by atoms with Crippen molar-refractivity contribution in [1.82, 2.24) is 0 Å². The predicted octanol–water partition coefficient (Wildman–Crippen LogP) is 5.60. The van der Waals surface area contributed by atoms with Crippen LogP contribution in [0.4, 0.5) is 0 Å². The standard InChI is InChI=1S/C13H23BrO2Si/c1-9(2)17(10(3)4,11(5)6)16-13-7-12(14)8-15-13/h7-11H,1-6H3. The number of furan rings is 1. The topological polar surface area (TPSA) is 22.4 Å². The van der Waals surface area contributed by atoms with E-state index in [0.29, 0.717) is 22.6 Å². The molecule has 0 spiro atoms. The zero-order chi connectivity index (χ0) is 13.2. The molecule has 0 saturated carbocycles. The molecule has 0 bridgehead atoms. The Morgan fingerprint density at radius 1 is 1.06 bits per heavy atom. The van der Waals surface area contributed by atoms with Gasteiger partial charge in [0.1, 0.15) is 6.26 Å². The average molecular weight is 319 g/mol. The van der Waals surface area contributed by atoms with Gasteiger partial charge in [0.05, 0.1) is 4.47 Å². The lowest BCUT2D eigenvalue weighted by Gasteiger charge is -2.41. The highest BCUT2D eigenvalue weighted by Crippen LogP contribution is 2.43. The van der Waals surface area contributed by atoms with Crippen molar-refractivity contribution in [2.75, 3.05) is 0 Å². The third-order valence-corrected chi connectivity index (χ3v) is 9.91. The Balaban J connectivity index is 3.06. The second kappa shape index (κ2) is 5.61. The summed E-state index contributed by atoms with van der Waals surface area (Å²) in [6, 6.07) is 1.91. The Labute approximate surface area is 114 Å². The van der Waals surface area contributed by atoms with Crippen molar-refractivity contribution in [3.8, 4) is 5.95 Å². The molecule has 0 N–H and O–H groups in total. The molecule has 0 aliphatic heterocycles. The van der Waals surface area contributed by atoms with Crippen LogP contribution in [0.25, 0.3) is 0 Å². The molecule has 0 unspecified atom stereocenters. The molecule has 4 heteroatoms. The summed E-state index contributed by atoms with van der Waals surface area (Å²) >= 11 is 3.39. The summed E-state index contributed by atoms with van der Waals surface area (Å²) in [5.41, 5.74) is 1.68. The van der Waals surface area contributed by atoms with Gasteiger partial charge in [0.15, 0.2) is 0 Å². The first-order chi connectivity index (χ1) is 7.80. The van der Waals surface area contributed by atoms with Crippen LogP contribution in [-0.4, -0.2) is 8.32 Å². The maximum atomic E-state index is 6.35. The third kappa shape index (κ3) is 2.97. The molecule has 0 aliphatic carbocycles. The normalized spacial score (nSPS) is 12.8. The van der Waals surface area contributed by atoms with E-state index in [0.717, 1.165) is 4.47 Å². The maximum Gasteiger partial charge on any atom is 0.271 e. The minimum absolute atomic E-state index is 0.561.